The Labute approximate surface area is 179 Å². The van der Waals surface area contributed by atoms with Gasteiger partial charge in [-0.25, -0.2) is 0 Å². The number of benzene rings is 3. The molecule has 6 rings (SSSR count). The summed E-state index contributed by atoms with van der Waals surface area (Å²) in [7, 11) is 0. The molecule has 0 bridgehead atoms. The molecule has 2 amide bonds. The van der Waals surface area contributed by atoms with E-state index in [1.54, 1.807) is 0 Å². The molecule has 6 nitrogen and oxygen atoms in total. The third-order valence-electron chi connectivity index (χ3n) is 6.36. The number of para-hydroxylation sites is 4. The zero-order chi connectivity index (χ0) is 20.9. The van der Waals surface area contributed by atoms with E-state index in [0.29, 0.717) is 24.5 Å². The summed E-state index contributed by atoms with van der Waals surface area (Å²) in [5.74, 6) is 0.885. The van der Waals surface area contributed by atoms with Gasteiger partial charge in [-0.15, -0.1) is 0 Å². The second-order valence-corrected chi connectivity index (χ2v) is 8.23. The largest absolute Gasteiger partial charge is 0.457 e. The minimum atomic E-state index is -0.445. The number of ether oxygens (including phenoxy) is 1. The van der Waals surface area contributed by atoms with Gasteiger partial charge in [-0.1, -0.05) is 48.5 Å². The van der Waals surface area contributed by atoms with Crippen LogP contribution in [-0.2, 0) is 9.59 Å². The lowest BCUT2D eigenvalue weighted by molar-refractivity contribution is -0.122. The summed E-state index contributed by atoms with van der Waals surface area (Å²) in [5.41, 5.74) is 3.55. The van der Waals surface area contributed by atoms with Gasteiger partial charge in [0.15, 0.2) is 0 Å². The predicted molar refractivity (Wildman–Crippen MR) is 118 cm³/mol. The molecule has 2 N–H and O–H groups in total. The first-order chi connectivity index (χ1) is 15.2. The minimum absolute atomic E-state index is 0.0165. The molecule has 3 aliphatic heterocycles. The number of nitrogens with zero attached hydrogens (tertiary/aromatic N) is 1. The van der Waals surface area contributed by atoms with E-state index in [4.69, 9.17) is 4.74 Å². The van der Waals surface area contributed by atoms with Crippen molar-refractivity contribution >= 4 is 23.2 Å². The fourth-order valence-electron chi connectivity index (χ4n) is 4.98. The highest BCUT2D eigenvalue weighted by atomic mass is 16.5. The molecule has 0 radical (unpaired) electrons. The number of carbonyl (C=O) groups is 2. The number of carbonyl (C=O) groups excluding carboxylic acids is 2. The molecule has 3 aromatic carbocycles. The summed E-state index contributed by atoms with van der Waals surface area (Å²) in [6.07, 6.45) is 0.582. The summed E-state index contributed by atoms with van der Waals surface area (Å²) in [4.78, 5) is 28.2. The van der Waals surface area contributed by atoms with Crippen LogP contribution in [-0.4, -0.2) is 30.4 Å². The molecule has 0 aromatic heterocycles. The SMILES string of the molecule is O=C(NC1CC2C(=O)Nc3ccccc3N2C1)C1c2ccccc2Oc2ccccc21. The number of anilines is 2. The van der Waals surface area contributed by atoms with E-state index in [-0.39, 0.29) is 23.9 Å². The lowest BCUT2D eigenvalue weighted by Crippen LogP contribution is -2.44. The molecule has 2 unspecified atom stereocenters. The van der Waals surface area contributed by atoms with E-state index in [1.165, 1.54) is 0 Å². The lowest BCUT2D eigenvalue weighted by atomic mass is 9.87. The molecule has 3 heterocycles. The highest BCUT2D eigenvalue weighted by molar-refractivity contribution is 6.04. The Morgan fingerprint density at radius 1 is 0.935 bits per heavy atom. The van der Waals surface area contributed by atoms with E-state index in [1.807, 2.05) is 72.8 Å². The third kappa shape index (κ3) is 2.86. The molecule has 0 aliphatic carbocycles. The molecule has 1 fully saturated rings. The normalized spacial score (nSPS) is 21.2. The van der Waals surface area contributed by atoms with Crippen molar-refractivity contribution in [1.29, 1.82) is 0 Å². The van der Waals surface area contributed by atoms with Gasteiger partial charge in [-0.3, -0.25) is 9.59 Å². The van der Waals surface area contributed by atoms with Crippen LogP contribution in [0.2, 0.25) is 0 Å². The third-order valence-corrected chi connectivity index (χ3v) is 6.36. The number of amides is 2. The second-order valence-electron chi connectivity index (χ2n) is 8.23. The Morgan fingerprint density at radius 3 is 2.32 bits per heavy atom. The predicted octanol–water partition coefficient (Wildman–Crippen LogP) is 3.64. The van der Waals surface area contributed by atoms with Crippen molar-refractivity contribution in [2.45, 2.75) is 24.4 Å². The van der Waals surface area contributed by atoms with Crippen LogP contribution < -0.4 is 20.3 Å². The molecule has 3 aromatic rings. The summed E-state index contributed by atoms with van der Waals surface area (Å²) in [6, 6.07) is 22.7. The van der Waals surface area contributed by atoms with Crippen LogP contribution in [0.5, 0.6) is 11.5 Å². The van der Waals surface area contributed by atoms with Gasteiger partial charge in [-0.2, -0.15) is 0 Å². The summed E-state index contributed by atoms with van der Waals surface area (Å²) >= 11 is 0. The van der Waals surface area contributed by atoms with Crippen LogP contribution in [0.1, 0.15) is 23.5 Å². The van der Waals surface area contributed by atoms with Crippen LogP contribution in [0.4, 0.5) is 11.4 Å². The van der Waals surface area contributed by atoms with Gasteiger partial charge in [-0.05, 0) is 30.7 Å². The Morgan fingerprint density at radius 2 is 1.58 bits per heavy atom. The quantitative estimate of drug-likeness (QED) is 0.676. The zero-order valence-corrected chi connectivity index (χ0v) is 16.7. The average molecular weight is 411 g/mol. The number of hydrogen-bond acceptors (Lipinski definition) is 4. The number of fused-ring (bicyclic) bond motifs is 5. The number of rotatable bonds is 2. The number of nitrogens with one attached hydrogen (secondary N) is 2. The Bertz CT molecular complexity index is 1160. The van der Waals surface area contributed by atoms with E-state index >= 15 is 0 Å². The summed E-state index contributed by atoms with van der Waals surface area (Å²) in [5, 5.41) is 6.21. The molecule has 0 spiro atoms. The maximum atomic E-state index is 13.5. The van der Waals surface area contributed by atoms with Crippen molar-refractivity contribution in [3.63, 3.8) is 0 Å². The van der Waals surface area contributed by atoms with Gasteiger partial charge in [0, 0.05) is 23.7 Å². The second kappa shape index (κ2) is 6.87. The zero-order valence-electron chi connectivity index (χ0n) is 16.7. The van der Waals surface area contributed by atoms with Crippen molar-refractivity contribution in [3.05, 3.63) is 83.9 Å². The highest BCUT2D eigenvalue weighted by Gasteiger charge is 2.42. The Hall–Kier alpha value is -3.80. The van der Waals surface area contributed by atoms with Gasteiger partial charge in [0.05, 0.1) is 17.3 Å². The highest BCUT2D eigenvalue weighted by Crippen LogP contribution is 2.44. The van der Waals surface area contributed by atoms with Crippen LogP contribution in [0.15, 0.2) is 72.8 Å². The van der Waals surface area contributed by atoms with Crippen molar-refractivity contribution in [3.8, 4) is 11.5 Å². The van der Waals surface area contributed by atoms with Crippen LogP contribution in [0.25, 0.3) is 0 Å². The summed E-state index contributed by atoms with van der Waals surface area (Å²) < 4.78 is 6.02. The maximum Gasteiger partial charge on any atom is 0.247 e. The van der Waals surface area contributed by atoms with Crippen molar-refractivity contribution < 1.29 is 14.3 Å². The van der Waals surface area contributed by atoms with Gasteiger partial charge in [0.25, 0.3) is 0 Å². The molecule has 1 saturated heterocycles. The van der Waals surface area contributed by atoms with E-state index in [2.05, 4.69) is 15.5 Å². The minimum Gasteiger partial charge on any atom is -0.457 e. The molecule has 31 heavy (non-hydrogen) atoms. The first-order valence-electron chi connectivity index (χ1n) is 10.5. The number of hydrogen-bond donors (Lipinski definition) is 2. The molecular formula is C25H21N3O3. The molecule has 6 heteroatoms. The van der Waals surface area contributed by atoms with Crippen molar-refractivity contribution in [2.75, 3.05) is 16.8 Å². The lowest BCUT2D eigenvalue weighted by Gasteiger charge is -2.32. The van der Waals surface area contributed by atoms with Crippen molar-refractivity contribution in [1.82, 2.24) is 5.32 Å². The molecule has 0 saturated carbocycles. The van der Waals surface area contributed by atoms with Gasteiger partial charge in [0.2, 0.25) is 11.8 Å². The maximum absolute atomic E-state index is 13.5. The molecule has 3 aliphatic rings. The van der Waals surface area contributed by atoms with Gasteiger partial charge >= 0.3 is 0 Å². The van der Waals surface area contributed by atoms with Gasteiger partial charge in [0.1, 0.15) is 17.5 Å². The van der Waals surface area contributed by atoms with E-state index in [0.717, 1.165) is 22.5 Å². The van der Waals surface area contributed by atoms with E-state index in [9.17, 15) is 9.59 Å². The molecule has 154 valence electrons. The first-order valence-corrected chi connectivity index (χ1v) is 10.5. The Kier molecular flexibility index (Phi) is 3.99. The van der Waals surface area contributed by atoms with Crippen LogP contribution in [0.3, 0.4) is 0 Å². The smallest absolute Gasteiger partial charge is 0.247 e. The standard InChI is InChI=1S/C25H21N3O3/c29-24-20-13-15(14-28(20)19-10-4-3-9-18(19)27-24)26-25(30)23-16-7-1-5-11-21(16)31-22-12-6-2-8-17(22)23/h1-12,15,20,23H,13-14H2,(H,26,30)(H,27,29). The van der Waals surface area contributed by atoms with Crippen LogP contribution in [0, 0.1) is 0 Å². The van der Waals surface area contributed by atoms with E-state index < -0.39 is 5.92 Å². The Balaban J connectivity index is 1.29. The van der Waals surface area contributed by atoms with Crippen molar-refractivity contribution in [2.24, 2.45) is 0 Å². The fraction of sp³-hybridized carbons (Fsp3) is 0.200. The van der Waals surface area contributed by atoms with Gasteiger partial charge < -0.3 is 20.3 Å². The average Bonchev–Trinajstić information content (AvgIpc) is 3.22. The topological polar surface area (TPSA) is 70.7 Å². The molecule has 2 atom stereocenters. The van der Waals surface area contributed by atoms with Crippen LogP contribution >= 0.6 is 0 Å². The monoisotopic (exact) mass is 411 g/mol. The summed E-state index contributed by atoms with van der Waals surface area (Å²) in [6.45, 7) is 0.605. The fourth-order valence-corrected chi connectivity index (χ4v) is 4.98. The molecular weight excluding hydrogens is 390 g/mol. The first kappa shape index (κ1) is 18.0.